The standard InChI is InChI=1S/C14H6BrF2NO2S/c15-12-8(6-18)2-4-10(13(12)17)21-11-5-7(14(19)20)1-3-9(11)16/h1-5H,(H,19,20). The number of carboxylic acids is 1. The van der Waals surface area contributed by atoms with Crippen molar-refractivity contribution in [1.29, 1.82) is 5.26 Å². The monoisotopic (exact) mass is 369 g/mol. The van der Waals surface area contributed by atoms with Crippen LogP contribution >= 0.6 is 27.7 Å². The molecular formula is C14H6BrF2NO2S. The third-order valence-electron chi connectivity index (χ3n) is 2.57. The first kappa shape index (κ1) is 15.5. The first-order valence-electron chi connectivity index (χ1n) is 5.53. The van der Waals surface area contributed by atoms with Gasteiger partial charge in [0.05, 0.1) is 15.6 Å². The minimum Gasteiger partial charge on any atom is -0.478 e. The van der Waals surface area contributed by atoms with Crippen molar-refractivity contribution in [2.45, 2.75) is 9.79 Å². The van der Waals surface area contributed by atoms with Crippen LogP contribution in [0.2, 0.25) is 0 Å². The highest BCUT2D eigenvalue weighted by atomic mass is 79.9. The Morgan fingerprint density at radius 2 is 1.95 bits per heavy atom. The minimum atomic E-state index is -1.20. The summed E-state index contributed by atoms with van der Waals surface area (Å²) >= 11 is 3.72. The Labute approximate surface area is 131 Å². The van der Waals surface area contributed by atoms with E-state index in [1.54, 1.807) is 0 Å². The summed E-state index contributed by atoms with van der Waals surface area (Å²) in [7, 11) is 0. The summed E-state index contributed by atoms with van der Waals surface area (Å²) in [5, 5.41) is 17.7. The second-order valence-corrected chi connectivity index (χ2v) is 5.78. The highest BCUT2D eigenvalue weighted by Gasteiger charge is 2.15. The van der Waals surface area contributed by atoms with Gasteiger partial charge >= 0.3 is 5.97 Å². The quantitative estimate of drug-likeness (QED) is 0.867. The molecule has 3 nitrogen and oxygen atoms in total. The Balaban J connectivity index is 2.44. The normalized spacial score (nSPS) is 10.2. The summed E-state index contributed by atoms with van der Waals surface area (Å²) in [5.41, 5.74) is 0.0311. The van der Waals surface area contributed by atoms with E-state index in [-0.39, 0.29) is 25.4 Å². The van der Waals surface area contributed by atoms with Gasteiger partial charge in [-0.05, 0) is 46.3 Å². The van der Waals surface area contributed by atoms with E-state index in [1.807, 2.05) is 6.07 Å². The van der Waals surface area contributed by atoms with E-state index in [4.69, 9.17) is 10.4 Å². The maximum Gasteiger partial charge on any atom is 0.335 e. The number of nitrogens with zero attached hydrogens (tertiary/aromatic N) is 1. The van der Waals surface area contributed by atoms with Gasteiger partial charge in [-0.15, -0.1) is 0 Å². The molecule has 0 heterocycles. The fourth-order valence-electron chi connectivity index (χ4n) is 1.53. The highest BCUT2D eigenvalue weighted by Crippen LogP contribution is 2.35. The molecule has 0 aliphatic rings. The van der Waals surface area contributed by atoms with E-state index < -0.39 is 17.6 Å². The molecule has 2 aromatic carbocycles. The van der Waals surface area contributed by atoms with Gasteiger partial charge in [-0.1, -0.05) is 11.8 Å². The van der Waals surface area contributed by atoms with Crippen LogP contribution in [0.3, 0.4) is 0 Å². The second kappa shape index (κ2) is 6.24. The molecule has 2 aromatic rings. The molecule has 0 radical (unpaired) electrons. The molecule has 0 bridgehead atoms. The van der Waals surface area contributed by atoms with Gasteiger partial charge in [-0.2, -0.15) is 5.26 Å². The molecule has 0 saturated heterocycles. The molecule has 0 atom stereocenters. The second-order valence-electron chi connectivity index (χ2n) is 3.90. The van der Waals surface area contributed by atoms with Crippen molar-refractivity contribution in [3.63, 3.8) is 0 Å². The number of hydrogen-bond donors (Lipinski definition) is 1. The van der Waals surface area contributed by atoms with Crippen LogP contribution in [0.4, 0.5) is 8.78 Å². The lowest BCUT2D eigenvalue weighted by atomic mass is 10.2. The van der Waals surface area contributed by atoms with Crippen molar-refractivity contribution >= 4 is 33.7 Å². The number of rotatable bonds is 3. The average molecular weight is 370 g/mol. The summed E-state index contributed by atoms with van der Waals surface area (Å²) in [4.78, 5) is 10.9. The SMILES string of the molecule is N#Cc1ccc(Sc2cc(C(=O)O)ccc2F)c(F)c1Br. The fourth-order valence-corrected chi connectivity index (χ4v) is 3.01. The molecule has 0 spiro atoms. The molecule has 0 aromatic heterocycles. The lowest BCUT2D eigenvalue weighted by Gasteiger charge is -2.07. The third kappa shape index (κ3) is 3.23. The predicted octanol–water partition coefficient (Wildman–Crippen LogP) is 4.45. The molecule has 0 saturated carbocycles. The Kier molecular flexibility index (Phi) is 4.60. The van der Waals surface area contributed by atoms with Gasteiger partial charge < -0.3 is 5.11 Å². The van der Waals surface area contributed by atoms with Gasteiger partial charge in [0, 0.05) is 9.79 Å². The van der Waals surface area contributed by atoms with Gasteiger partial charge in [0.2, 0.25) is 0 Å². The Morgan fingerprint density at radius 1 is 1.24 bits per heavy atom. The van der Waals surface area contributed by atoms with Crippen molar-refractivity contribution in [2.24, 2.45) is 0 Å². The predicted molar refractivity (Wildman–Crippen MR) is 76.3 cm³/mol. The summed E-state index contributed by atoms with van der Waals surface area (Å²) in [5.74, 6) is -2.54. The topological polar surface area (TPSA) is 61.1 Å². The lowest BCUT2D eigenvalue weighted by molar-refractivity contribution is 0.0696. The minimum absolute atomic E-state index is 0.00888. The van der Waals surface area contributed by atoms with E-state index in [9.17, 15) is 13.6 Å². The molecule has 0 aliphatic carbocycles. The van der Waals surface area contributed by atoms with Crippen LogP contribution < -0.4 is 0 Å². The van der Waals surface area contributed by atoms with Crippen LogP contribution in [-0.4, -0.2) is 11.1 Å². The van der Waals surface area contributed by atoms with Gasteiger partial charge in [0.25, 0.3) is 0 Å². The van der Waals surface area contributed by atoms with Crippen LogP contribution in [0, 0.1) is 23.0 Å². The van der Waals surface area contributed by atoms with E-state index in [2.05, 4.69) is 15.9 Å². The van der Waals surface area contributed by atoms with Crippen LogP contribution in [-0.2, 0) is 0 Å². The highest BCUT2D eigenvalue weighted by molar-refractivity contribution is 9.10. The smallest absolute Gasteiger partial charge is 0.335 e. The zero-order valence-electron chi connectivity index (χ0n) is 10.2. The van der Waals surface area contributed by atoms with Crippen molar-refractivity contribution < 1.29 is 18.7 Å². The van der Waals surface area contributed by atoms with Crippen LogP contribution in [0.1, 0.15) is 15.9 Å². The zero-order valence-corrected chi connectivity index (χ0v) is 12.6. The van der Waals surface area contributed by atoms with E-state index >= 15 is 0 Å². The van der Waals surface area contributed by atoms with Crippen LogP contribution in [0.15, 0.2) is 44.6 Å². The van der Waals surface area contributed by atoms with E-state index in [1.165, 1.54) is 12.1 Å². The van der Waals surface area contributed by atoms with Crippen molar-refractivity contribution in [2.75, 3.05) is 0 Å². The average Bonchev–Trinajstić information content (AvgIpc) is 2.46. The molecule has 106 valence electrons. The summed E-state index contributed by atoms with van der Waals surface area (Å²) in [6.45, 7) is 0. The van der Waals surface area contributed by atoms with E-state index in [0.29, 0.717) is 0 Å². The molecule has 0 amide bonds. The maximum absolute atomic E-state index is 14.1. The van der Waals surface area contributed by atoms with Crippen LogP contribution in [0.25, 0.3) is 0 Å². The molecule has 7 heteroatoms. The van der Waals surface area contributed by atoms with Crippen molar-refractivity contribution in [3.05, 3.63) is 57.6 Å². The maximum atomic E-state index is 14.1. The third-order valence-corrected chi connectivity index (χ3v) is 4.41. The number of carboxylic acid groups (broad SMARTS) is 1. The zero-order chi connectivity index (χ0) is 15.6. The largest absolute Gasteiger partial charge is 0.478 e. The number of halogens is 3. The molecule has 0 aliphatic heterocycles. The summed E-state index contributed by atoms with van der Waals surface area (Å²) in [6.07, 6.45) is 0. The fraction of sp³-hybridized carbons (Fsp3) is 0. The number of carbonyl (C=O) groups is 1. The number of nitriles is 1. The first-order valence-corrected chi connectivity index (χ1v) is 7.13. The van der Waals surface area contributed by atoms with E-state index in [0.717, 1.165) is 30.0 Å². The van der Waals surface area contributed by atoms with Gasteiger partial charge in [0.1, 0.15) is 11.9 Å². The van der Waals surface area contributed by atoms with Gasteiger partial charge in [0.15, 0.2) is 5.82 Å². The Hall–Kier alpha value is -1.91. The Morgan fingerprint density at radius 3 is 2.57 bits per heavy atom. The van der Waals surface area contributed by atoms with Gasteiger partial charge in [-0.25, -0.2) is 13.6 Å². The molecule has 2 rings (SSSR count). The van der Waals surface area contributed by atoms with Crippen molar-refractivity contribution in [1.82, 2.24) is 0 Å². The Bertz CT molecular complexity index is 774. The van der Waals surface area contributed by atoms with Crippen LogP contribution in [0.5, 0.6) is 0 Å². The summed E-state index contributed by atoms with van der Waals surface area (Å²) < 4.78 is 27.8. The summed E-state index contributed by atoms with van der Waals surface area (Å²) in [6, 6.07) is 7.84. The molecular weight excluding hydrogens is 364 g/mol. The number of aromatic carboxylic acids is 1. The molecule has 0 fully saturated rings. The van der Waals surface area contributed by atoms with Crippen molar-refractivity contribution in [3.8, 4) is 6.07 Å². The van der Waals surface area contributed by atoms with Gasteiger partial charge in [-0.3, -0.25) is 0 Å². The first-order chi connectivity index (χ1) is 9.93. The molecule has 0 unspecified atom stereocenters. The molecule has 1 N–H and O–H groups in total. The lowest BCUT2D eigenvalue weighted by Crippen LogP contribution is -1.97. The number of hydrogen-bond acceptors (Lipinski definition) is 3. The molecule has 21 heavy (non-hydrogen) atoms. The number of benzene rings is 2.